The molecule has 0 amide bonds. The lowest BCUT2D eigenvalue weighted by Crippen LogP contribution is -2.09. The lowest BCUT2D eigenvalue weighted by atomic mass is 9.86. The fourth-order valence-electron chi connectivity index (χ4n) is 8.99. The highest BCUT2D eigenvalue weighted by Gasteiger charge is 2.19. The van der Waals surface area contributed by atoms with Crippen molar-refractivity contribution in [3.8, 4) is 39.1 Å². The Balaban J connectivity index is 1.03. The minimum absolute atomic E-state index is 1.10. The Morgan fingerprint density at radius 2 is 0.690 bits per heavy atom. The van der Waals surface area contributed by atoms with Crippen molar-refractivity contribution in [3.63, 3.8) is 0 Å². The maximum Gasteiger partial charge on any atom is 0.0541 e. The third-order valence-electron chi connectivity index (χ3n) is 11.5. The van der Waals surface area contributed by atoms with Gasteiger partial charge >= 0.3 is 0 Å². The summed E-state index contributed by atoms with van der Waals surface area (Å²) in [6.45, 7) is 0. The Morgan fingerprint density at radius 3 is 1.33 bits per heavy atom. The van der Waals surface area contributed by atoms with Crippen molar-refractivity contribution in [2.45, 2.75) is 0 Å². The highest BCUT2D eigenvalue weighted by atomic mass is 15.1. The molecule has 0 aliphatic rings. The molecule has 2 nitrogen and oxygen atoms in total. The van der Waals surface area contributed by atoms with Gasteiger partial charge in [-0.1, -0.05) is 164 Å². The van der Waals surface area contributed by atoms with E-state index in [1.807, 2.05) is 0 Å². The summed E-state index contributed by atoms with van der Waals surface area (Å²) in [6, 6.07) is 83.5. The average Bonchev–Trinajstić information content (AvgIpc) is 3.63. The van der Waals surface area contributed by atoms with E-state index in [-0.39, 0.29) is 0 Å². The molecule has 0 atom stereocenters. The Kier molecular flexibility index (Phi) is 8.19. The Bertz CT molecular complexity index is 3200. The predicted molar refractivity (Wildman–Crippen MR) is 247 cm³/mol. The molecule has 0 saturated carbocycles. The summed E-state index contributed by atoms with van der Waals surface area (Å²) >= 11 is 0. The summed E-state index contributed by atoms with van der Waals surface area (Å²) < 4.78 is 2.37. The van der Waals surface area contributed by atoms with Gasteiger partial charge in [0.05, 0.1) is 11.0 Å². The van der Waals surface area contributed by atoms with Gasteiger partial charge in [0.25, 0.3) is 0 Å². The van der Waals surface area contributed by atoms with Crippen molar-refractivity contribution in [2.24, 2.45) is 0 Å². The first kappa shape index (κ1) is 33.6. The summed E-state index contributed by atoms with van der Waals surface area (Å²) in [7, 11) is 0. The molecule has 11 rings (SSSR count). The zero-order valence-electron chi connectivity index (χ0n) is 31.8. The van der Waals surface area contributed by atoms with Crippen molar-refractivity contribution in [2.75, 3.05) is 4.90 Å². The van der Waals surface area contributed by atoms with E-state index in [4.69, 9.17) is 0 Å². The van der Waals surface area contributed by atoms with Crippen LogP contribution in [0.4, 0.5) is 17.1 Å². The van der Waals surface area contributed by atoms with Crippen molar-refractivity contribution in [1.82, 2.24) is 4.57 Å². The van der Waals surface area contributed by atoms with Crippen molar-refractivity contribution >= 4 is 60.4 Å². The molecule has 2 heteroatoms. The molecule has 1 heterocycles. The highest BCUT2D eigenvalue weighted by Crippen LogP contribution is 2.45. The predicted octanol–water partition coefficient (Wildman–Crippen LogP) is 15.6. The SMILES string of the molecule is c1ccc(-c2c3ccccc3c(-c3ccc(N(c4ccccc4)c4cccc(-c5ccc6c(c5)c5ccccc5n6-c5ccccc5)c4)cc3)c3ccccc23)cc1. The molecular formula is C56H38N2. The minimum atomic E-state index is 1.10. The summed E-state index contributed by atoms with van der Waals surface area (Å²) in [4.78, 5) is 2.36. The van der Waals surface area contributed by atoms with Crippen LogP contribution < -0.4 is 4.90 Å². The molecule has 1 aromatic heterocycles. The summed E-state index contributed by atoms with van der Waals surface area (Å²) in [6.07, 6.45) is 0. The van der Waals surface area contributed by atoms with Crippen LogP contribution in [0.25, 0.3) is 82.4 Å². The topological polar surface area (TPSA) is 8.17 Å². The third-order valence-corrected chi connectivity index (χ3v) is 11.5. The molecule has 0 saturated heterocycles. The molecule has 0 fully saturated rings. The minimum Gasteiger partial charge on any atom is -0.310 e. The molecule has 58 heavy (non-hydrogen) atoms. The number of para-hydroxylation sites is 3. The maximum absolute atomic E-state index is 2.37. The molecule has 272 valence electrons. The average molecular weight is 739 g/mol. The molecule has 0 unspecified atom stereocenters. The summed E-state index contributed by atoms with van der Waals surface area (Å²) in [5.41, 5.74) is 14.2. The van der Waals surface area contributed by atoms with E-state index in [0.29, 0.717) is 0 Å². The van der Waals surface area contributed by atoms with Gasteiger partial charge in [-0.05, 0) is 122 Å². The molecule has 10 aromatic carbocycles. The van der Waals surface area contributed by atoms with E-state index in [1.165, 1.54) is 82.4 Å². The van der Waals surface area contributed by atoms with Gasteiger partial charge in [0.2, 0.25) is 0 Å². The number of anilines is 3. The first-order valence-corrected chi connectivity index (χ1v) is 19.9. The first-order valence-electron chi connectivity index (χ1n) is 19.9. The normalized spacial score (nSPS) is 11.4. The van der Waals surface area contributed by atoms with Crippen LogP contribution >= 0.6 is 0 Å². The summed E-state index contributed by atoms with van der Waals surface area (Å²) in [5, 5.41) is 7.53. The van der Waals surface area contributed by atoms with E-state index in [2.05, 4.69) is 240 Å². The first-order chi connectivity index (χ1) is 28.8. The van der Waals surface area contributed by atoms with Gasteiger partial charge in [-0.15, -0.1) is 0 Å². The molecule has 0 aliphatic heterocycles. The van der Waals surface area contributed by atoms with Gasteiger partial charge in [-0.3, -0.25) is 0 Å². The standard InChI is InChI=1S/C56H38N2/c1-4-17-39(18-5-1)55-48-26-10-12-28-50(48)56(51-29-13-11-27-49(51)55)40-31-34-45(35-32-40)57(43-20-6-2-7-21-43)46-24-16-19-41(37-46)42-33-36-54-52(38-42)47-25-14-15-30-53(47)58(54)44-22-8-3-9-23-44/h1-38H. The number of aromatic nitrogens is 1. The fourth-order valence-corrected chi connectivity index (χ4v) is 8.99. The van der Waals surface area contributed by atoms with E-state index in [9.17, 15) is 0 Å². The van der Waals surface area contributed by atoms with Crippen molar-refractivity contribution < 1.29 is 0 Å². The molecule has 0 spiro atoms. The van der Waals surface area contributed by atoms with Gasteiger partial charge in [-0.25, -0.2) is 0 Å². The zero-order chi connectivity index (χ0) is 38.4. The highest BCUT2D eigenvalue weighted by molar-refractivity contribution is 6.21. The van der Waals surface area contributed by atoms with Crippen LogP contribution in [0.1, 0.15) is 0 Å². The van der Waals surface area contributed by atoms with E-state index in [1.54, 1.807) is 0 Å². The van der Waals surface area contributed by atoms with Gasteiger partial charge in [-0.2, -0.15) is 0 Å². The third kappa shape index (κ3) is 5.66. The molecule has 0 aliphatic carbocycles. The summed E-state index contributed by atoms with van der Waals surface area (Å²) in [5.74, 6) is 0. The second-order valence-corrected chi connectivity index (χ2v) is 14.9. The van der Waals surface area contributed by atoms with Crippen LogP contribution in [0, 0.1) is 0 Å². The smallest absolute Gasteiger partial charge is 0.0541 e. The second kappa shape index (κ2) is 14.1. The number of hydrogen-bond acceptors (Lipinski definition) is 1. The largest absolute Gasteiger partial charge is 0.310 e. The Morgan fingerprint density at radius 1 is 0.259 bits per heavy atom. The quantitative estimate of drug-likeness (QED) is 0.148. The second-order valence-electron chi connectivity index (χ2n) is 14.9. The van der Waals surface area contributed by atoms with Crippen LogP contribution in [0.5, 0.6) is 0 Å². The van der Waals surface area contributed by atoms with Crippen molar-refractivity contribution in [1.29, 1.82) is 0 Å². The van der Waals surface area contributed by atoms with E-state index in [0.717, 1.165) is 17.1 Å². The van der Waals surface area contributed by atoms with Gasteiger partial charge in [0.1, 0.15) is 0 Å². The number of nitrogens with zero attached hydrogens (tertiary/aromatic N) is 2. The van der Waals surface area contributed by atoms with Gasteiger partial charge in [0.15, 0.2) is 0 Å². The van der Waals surface area contributed by atoms with Crippen LogP contribution in [-0.4, -0.2) is 4.57 Å². The van der Waals surface area contributed by atoms with Crippen molar-refractivity contribution in [3.05, 3.63) is 231 Å². The Labute approximate surface area is 338 Å². The lowest BCUT2D eigenvalue weighted by Gasteiger charge is -2.26. The van der Waals surface area contributed by atoms with Crippen LogP contribution in [-0.2, 0) is 0 Å². The van der Waals surface area contributed by atoms with Crippen LogP contribution in [0.15, 0.2) is 231 Å². The molecular weight excluding hydrogens is 701 g/mol. The molecule has 0 bridgehead atoms. The Hall–Kier alpha value is -7.68. The number of hydrogen-bond donors (Lipinski definition) is 0. The molecule has 0 radical (unpaired) electrons. The van der Waals surface area contributed by atoms with Gasteiger partial charge in [0, 0.05) is 33.5 Å². The van der Waals surface area contributed by atoms with Crippen LogP contribution in [0.2, 0.25) is 0 Å². The number of rotatable bonds is 7. The monoisotopic (exact) mass is 738 g/mol. The zero-order valence-corrected chi connectivity index (χ0v) is 31.8. The molecule has 0 N–H and O–H groups in total. The number of fused-ring (bicyclic) bond motifs is 5. The number of benzene rings is 10. The van der Waals surface area contributed by atoms with E-state index >= 15 is 0 Å². The van der Waals surface area contributed by atoms with E-state index < -0.39 is 0 Å². The fraction of sp³-hybridized carbons (Fsp3) is 0. The molecule has 11 aromatic rings. The van der Waals surface area contributed by atoms with Crippen LogP contribution in [0.3, 0.4) is 0 Å². The maximum atomic E-state index is 2.37. The lowest BCUT2D eigenvalue weighted by molar-refractivity contribution is 1.18. The van der Waals surface area contributed by atoms with Gasteiger partial charge < -0.3 is 9.47 Å².